The van der Waals surface area contributed by atoms with Gasteiger partial charge in [0.25, 0.3) is 5.69 Å². The predicted octanol–water partition coefficient (Wildman–Crippen LogP) is 2.82. The summed E-state index contributed by atoms with van der Waals surface area (Å²) in [4.78, 5) is 28.8. The highest BCUT2D eigenvalue weighted by Crippen LogP contribution is 2.31. The standard InChI is InChI=1S/C13H14N4O5/c1-10(4-3-7-15-22-2)9-14-12-6-5-11(16(18)19)8-13(12)17(20)21/h3-9,15H,1-2H3/b7-3+,10-4+,14-9?. The van der Waals surface area contributed by atoms with E-state index in [9.17, 15) is 20.2 Å². The summed E-state index contributed by atoms with van der Waals surface area (Å²) in [6, 6.07) is 3.29. The van der Waals surface area contributed by atoms with Crippen LogP contribution in [0, 0.1) is 20.2 Å². The third-order valence-corrected chi connectivity index (χ3v) is 2.42. The molecule has 0 atom stereocenters. The molecule has 1 N–H and O–H groups in total. The molecule has 0 radical (unpaired) electrons. The molecule has 9 heteroatoms. The van der Waals surface area contributed by atoms with Gasteiger partial charge in [-0.3, -0.25) is 30.5 Å². The minimum atomic E-state index is -0.707. The molecule has 1 rings (SSSR count). The van der Waals surface area contributed by atoms with Crippen molar-refractivity contribution in [3.8, 4) is 0 Å². The SMILES string of the molecule is CON/C=C/C=C(\C)C=Nc1ccc([N+](=O)[O-])cc1[N+](=O)[O-]. The smallest absolute Gasteiger partial charge is 0.280 e. The molecular weight excluding hydrogens is 292 g/mol. The van der Waals surface area contributed by atoms with Gasteiger partial charge in [0.15, 0.2) is 0 Å². The van der Waals surface area contributed by atoms with Gasteiger partial charge in [0, 0.05) is 18.5 Å². The summed E-state index contributed by atoms with van der Waals surface area (Å²) in [5, 5.41) is 21.6. The van der Waals surface area contributed by atoms with Gasteiger partial charge >= 0.3 is 5.69 Å². The summed E-state index contributed by atoms with van der Waals surface area (Å²) in [6.45, 7) is 1.75. The molecule has 0 amide bonds. The van der Waals surface area contributed by atoms with Crippen molar-refractivity contribution >= 4 is 23.3 Å². The number of nitro benzene ring substituents is 2. The molecule has 22 heavy (non-hydrogen) atoms. The Kier molecular flexibility index (Phi) is 6.38. The molecule has 0 heterocycles. The van der Waals surface area contributed by atoms with Crippen LogP contribution in [0.25, 0.3) is 0 Å². The number of nitro groups is 2. The molecule has 0 saturated heterocycles. The number of hydrogen-bond acceptors (Lipinski definition) is 7. The lowest BCUT2D eigenvalue weighted by Crippen LogP contribution is -1.99. The molecule has 0 aliphatic carbocycles. The van der Waals surface area contributed by atoms with Crippen molar-refractivity contribution in [1.29, 1.82) is 0 Å². The molecule has 0 bridgehead atoms. The number of rotatable bonds is 7. The van der Waals surface area contributed by atoms with E-state index in [1.54, 1.807) is 25.3 Å². The van der Waals surface area contributed by atoms with Gasteiger partial charge in [0.2, 0.25) is 0 Å². The Hall–Kier alpha value is -3.07. The molecule has 1 aromatic rings. The van der Waals surface area contributed by atoms with Gasteiger partial charge in [-0.2, -0.15) is 0 Å². The number of nitrogens with one attached hydrogen (secondary N) is 1. The number of aliphatic imine (C=N–C) groups is 1. The fourth-order valence-corrected chi connectivity index (χ4v) is 1.40. The normalized spacial score (nSPS) is 12.0. The van der Waals surface area contributed by atoms with E-state index in [1.807, 2.05) is 0 Å². The second-order valence-corrected chi connectivity index (χ2v) is 4.04. The Morgan fingerprint density at radius 2 is 2.05 bits per heavy atom. The van der Waals surface area contributed by atoms with Gasteiger partial charge in [0.1, 0.15) is 5.69 Å². The Bertz CT molecular complexity index is 652. The molecule has 0 aliphatic rings. The minimum absolute atomic E-state index is 0.0438. The van der Waals surface area contributed by atoms with Gasteiger partial charge < -0.3 is 0 Å². The molecule has 0 aromatic heterocycles. The van der Waals surface area contributed by atoms with Crippen LogP contribution in [0.3, 0.4) is 0 Å². The monoisotopic (exact) mass is 306 g/mol. The van der Waals surface area contributed by atoms with Crippen LogP contribution in [0.1, 0.15) is 6.92 Å². The van der Waals surface area contributed by atoms with Gasteiger partial charge in [-0.15, -0.1) is 0 Å². The van der Waals surface area contributed by atoms with Crippen LogP contribution in [0.2, 0.25) is 0 Å². The summed E-state index contributed by atoms with van der Waals surface area (Å²) < 4.78 is 0. The average Bonchev–Trinajstić information content (AvgIpc) is 2.49. The van der Waals surface area contributed by atoms with Crippen molar-refractivity contribution < 1.29 is 14.7 Å². The van der Waals surface area contributed by atoms with Crippen molar-refractivity contribution in [3.63, 3.8) is 0 Å². The molecule has 116 valence electrons. The van der Waals surface area contributed by atoms with Crippen molar-refractivity contribution in [3.05, 3.63) is 62.4 Å². The lowest BCUT2D eigenvalue weighted by atomic mass is 10.2. The molecule has 1 aromatic carbocycles. The molecule has 9 nitrogen and oxygen atoms in total. The van der Waals surface area contributed by atoms with Crippen LogP contribution in [0.15, 0.2) is 47.1 Å². The van der Waals surface area contributed by atoms with Crippen LogP contribution in [-0.4, -0.2) is 23.2 Å². The summed E-state index contributed by atoms with van der Waals surface area (Å²) in [5.74, 6) is 0. The maximum absolute atomic E-state index is 10.9. The van der Waals surface area contributed by atoms with Crippen LogP contribution < -0.4 is 5.48 Å². The summed E-state index contributed by atoms with van der Waals surface area (Å²) in [5.41, 5.74) is 2.49. The van der Waals surface area contributed by atoms with E-state index in [4.69, 9.17) is 0 Å². The maximum Gasteiger partial charge on any atom is 0.301 e. The van der Waals surface area contributed by atoms with Gasteiger partial charge in [-0.1, -0.05) is 6.08 Å². The van der Waals surface area contributed by atoms with E-state index in [-0.39, 0.29) is 11.4 Å². The number of non-ortho nitro benzene ring substituents is 1. The van der Waals surface area contributed by atoms with E-state index >= 15 is 0 Å². The van der Waals surface area contributed by atoms with Crippen molar-refractivity contribution in [2.24, 2.45) is 4.99 Å². The molecule has 0 unspecified atom stereocenters. The topological polar surface area (TPSA) is 120 Å². The number of benzene rings is 1. The highest BCUT2D eigenvalue weighted by Gasteiger charge is 2.18. The largest absolute Gasteiger partial charge is 0.301 e. The quantitative estimate of drug-likeness (QED) is 0.358. The van der Waals surface area contributed by atoms with Crippen molar-refractivity contribution in [2.75, 3.05) is 7.11 Å². The third-order valence-electron chi connectivity index (χ3n) is 2.42. The van der Waals surface area contributed by atoms with E-state index in [2.05, 4.69) is 15.3 Å². The highest BCUT2D eigenvalue weighted by atomic mass is 16.6. The van der Waals surface area contributed by atoms with E-state index in [0.29, 0.717) is 0 Å². The van der Waals surface area contributed by atoms with Crippen LogP contribution >= 0.6 is 0 Å². The fraction of sp³-hybridized carbons (Fsp3) is 0.154. The second-order valence-electron chi connectivity index (χ2n) is 4.04. The number of allylic oxidation sites excluding steroid dienone is 3. The molecule has 0 spiro atoms. The van der Waals surface area contributed by atoms with Gasteiger partial charge in [-0.25, -0.2) is 4.99 Å². The first-order valence-electron chi connectivity index (χ1n) is 6.04. The van der Waals surface area contributed by atoms with Gasteiger partial charge in [-0.05, 0) is 24.6 Å². The summed E-state index contributed by atoms with van der Waals surface area (Å²) in [7, 11) is 1.47. The molecular formula is C13H14N4O5. The molecule has 0 fully saturated rings. The third kappa shape index (κ3) is 5.13. The summed E-state index contributed by atoms with van der Waals surface area (Å²) >= 11 is 0. The maximum atomic E-state index is 10.9. The Balaban J connectivity index is 2.99. The van der Waals surface area contributed by atoms with Gasteiger partial charge in [0.05, 0.1) is 23.0 Å². The zero-order valence-electron chi connectivity index (χ0n) is 11.9. The number of hydroxylamine groups is 1. The number of hydrogen-bond donors (Lipinski definition) is 1. The van der Waals surface area contributed by atoms with Crippen LogP contribution in [-0.2, 0) is 4.84 Å². The van der Waals surface area contributed by atoms with Crippen LogP contribution in [0.4, 0.5) is 17.1 Å². The molecule has 0 saturated carbocycles. The first-order chi connectivity index (χ1) is 10.5. The van der Waals surface area contributed by atoms with E-state index in [0.717, 1.165) is 11.6 Å². The van der Waals surface area contributed by atoms with E-state index < -0.39 is 15.5 Å². The van der Waals surface area contributed by atoms with Crippen molar-refractivity contribution in [2.45, 2.75) is 6.92 Å². The Labute approximate surface area is 125 Å². The molecule has 0 aliphatic heterocycles. The highest BCUT2D eigenvalue weighted by molar-refractivity contribution is 5.82. The van der Waals surface area contributed by atoms with Crippen molar-refractivity contribution in [1.82, 2.24) is 5.48 Å². The predicted molar refractivity (Wildman–Crippen MR) is 80.9 cm³/mol. The first-order valence-corrected chi connectivity index (χ1v) is 6.04. The number of nitrogens with zero attached hydrogens (tertiary/aromatic N) is 3. The zero-order valence-corrected chi connectivity index (χ0v) is 11.9. The summed E-state index contributed by atoms with van der Waals surface area (Å²) in [6.07, 6.45) is 6.33. The Morgan fingerprint density at radius 3 is 2.64 bits per heavy atom. The minimum Gasteiger partial charge on any atom is -0.280 e. The second kappa shape index (κ2) is 8.27. The zero-order chi connectivity index (χ0) is 16.5. The lowest BCUT2D eigenvalue weighted by molar-refractivity contribution is -0.393. The lowest BCUT2D eigenvalue weighted by Gasteiger charge is -1.98. The first kappa shape index (κ1) is 17.0. The van der Waals surface area contributed by atoms with E-state index in [1.165, 1.54) is 25.5 Å². The Morgan fingerprint density at radius 1 is 1.32 bits per heavy atom. The fourth-order valence-electron chi connectivity index (χ4n) is 1.40. The van der Waals surface area contributed by atoms with Crippen LogP contribution in [0.5, 0.6) is 0 Å². The average molecular weight is 306 g/mol.